The summed E-state index contributed by atoms with van der Waals surface area (Å²) < 4.78 is 11.1. The van der Waals surface area contributed by atoms with Gasteiger partial charge in [-0.3, -0.25) is 9.78 Å². The van der Waals surface area contributed by atoms with Crippen molar-refractivity contribution in [2.75, 3.05) is 7.11 Å². The summed E-state index contributed by atoms with van der Waals surface area (Å²) in [6.45, 7) is 2.41. The minimum atomic E-state index is -0.142. The van der Waals surface area contributed by atoms with Gasteiger partial charge in [-0.1, -0.05) is 12.1 Å². The summed E-state index contributed by atoms with van der Waals surface area (Å²) >= 11 is 0. The van der Waals surface area contributed by atoms with E-state index in [1.165, 1.54) is 0 Å². The number of rotatable bonds is 4. The van der Waals surface area contributed by atoms with Crippen molar-refractivity contribution in [1.29, 1.82) is 0 Å². The lowest BCUT2D eigenvalue weighted by Crippen LogP contribution is -2.26. The molecule has 1 atom stereocenters. The maximum atomic E-state index is 12.7. The number of amides is 1. The van der Waals surface area contributed by atoms with Gasteiger partial charge in [0.2, 0.25) is 0 Å². The third-order valence-electron chi connectivity index (χ3n) is 4.76. The first-order chi connectivity index (χ1) is 13.2. The zero-order valence-corrected chi connectivity index (χ0v) is 15.2. The molecule has 0 spiro atoms. The summed E-state index contributed by atoms with van der Waals surface area (Å²) in [6.07, 6.45) is 3.58. The number of ether oxygens (including phenoxy) is 2. The van der Waals surface area contributed by atoms with E-state index in [-0.39, 0.29) is 11.9 Å². The van der Waals surface area contributed by atoms with Crippen molar-refractivity contribution in [3.8, 4) is 22.6 Å². The van der Waals surface area contributed by atoms with Gasteiger partial charge in [-0.05, 0) is 54.4 Å². The van der Waals surface area contributed by atoms with Crippen LogP contribution in [0.5, 0.6) is 11.5 Å². The van der Waals surface area contributed by atoms with Crippen molar-refractivity contribution in [3.05, 3.63) is 77.6 Å². The average molecular weight is 360 g/mol. The monoisotopic (exact) mass is 360 g/mol. The summed E-state index contributed by atoms with van der Waals surface area (Å²) in [5, 5.41) is 3.03. The van der Waals surface area contributed by atoms with Crippen molar-refractivity contribution in [2.24, 2.45) is 0 Å². The molecule has 0 saturated carbocycles. The molecule has 2 aromatic carbocycles. The maximum Gasteiger partial charge on any atom is 0.251 e. The van der Waals surface area contributed by atoms with E-state index < -0.39 is 0 Å². The molecule has 1 aliphatic rings. The minimum absolute atomic E-state index is 0.141. The second kappa shape index (κ2) is 7.11. The van der Waals surface area contributed by atoms with E-state index in [1.54, 1.807) is 19.4 Å². The summed E-state index contributed by atoms with van der Waals surface area (Å²) in [5.41, 5.74) is 4.69. The van der Waals surface area contributed by atoms with Gasteiger partial charge in [0, 0.05) is 29.1 Å². The van der Waals surface area contributed by atoms with E-state index in [0.717, 1.165) is 33.8 Å². The molecule has 1 aliphatic heterocycles. The fraction of sp³-hybridized carbons (Fsp3) is 0.182. The van der Waals surface area contributed by atoms with Crippen LogP contribution in [0.2, 0.25) is 0 Å². The molecule has 136 valence electrons. The average Bonchev–Trinajstić information content (AvgIpc) is 2.73. The quantitative estimate of drug-likeness (QED) is 0.760. The zero-order valence-electron chi connectivity index (χ0n) is 15.2. The predicted molar refractivity (Wildman–Crippen MR) is 103 cm³/mol. The fourth-order valence-corrected chi connectivity index (χ4v) is 3.24. The van der Waals surface area contributed by atoms with Crippen LogP contribution in [0.25, 0.3) is 11.1 Å². The highest BCUT2D eigenvalue weighted by Gasteiger charge is 2.20. The lowest BCUT2D eigenvalue weighted by Gasteiger charge is -2.21. The number of hydrogen-bond donors (Lipinski definition) is 1. The first-order valence-electron chi connectivity index (χ1n) is 8.80. The highest BCUT2D eigenvalue weighted by molar-refractivity contribution is 5.96. The van der Waals surface area contributed by atoms with E-state index in [0.29, 0.717) is 12.2 Å². The van der Waals surface area contributed by atoms with Crippen LogP contribution in [0.4, 0.5) is 0 Å². The van der Waals surface area contributed by atoms with Crippen LogP contribution in [0.15, 0.2) is 60.9 Å². The first kappa shape index (κ1) is 17.1. The highest BCUT2D eigenvalue weighted by Crippen LogP contribution is 2.37. The second-order valence-corrected chi connectivity index (χ2v) is 6.50. The maximum absolute atomic E-state index is 12.7. The normalized spacial score (nSPS) is 13.0. The van der Waals surface area contributed by atoms with E-state index in [2.05, 4.69) is 10.3 Å². The number of carbonyl (C=O) groups is 1. The highest BCUT2D eigenvalue weighted by atomic mass is 16.5. The van der Waals surface area contributed by atoms with Gasteiger partial charge in [0.05, 0.1) is 13.2 Å². The van der Waals surface area contributed by atoms with Gasteiger partial charge >= 0.3 is 0 Å². The van der Waals surface area contributed by atoms with Gasteiger partial charge in [-0.15, -0.1) is 0 Å². The number of fused-ring (bicyclic) bond motifs is 3. The number of benzene rings is 2. The number of methoxy groups -OCH3 is 1. The third kappa shape index (κ3) is 3.36. The standard InChI is InChI=1S/C22H20N2O3/c1-14(15-4-3-5-18(10-15)26-2)24-22(25)16-6-7-20-19-8-9-23-12-17(19)13-27-21(20)11-16/h3-12,14H,13H2,1-2H3,(H,24,25). The Hall–Kier alpha value is -3.34. The third-order valence-corrected chi connectivity index (χ3v) is 4.76. The van der Waals surface area contributed by atoms with Gasteiger partial charge in [-0.2, -0.15) is 0 Å². The van der Waals surface area contributed by atoms with E-state index in [1.807, 2.05) is 55.6 Å². The van der Waals surface area contributed by atoms with Crippen LogP contribution in [0.1, 0.15) is 34.5 Å². The molecule has 5 nitrogen and oxygen atoms in total. The Morgan fingerprint density at radius 2 is 2.07 bits per heavy atom. The Balaban J connectivity index is 1.55. The molecule has 1 N–H and O–H groups in total. The summed E-state index contributed by atoms with van der Waals surface area (Å²) in [6, 6.07) is 15.1. The number of pyridine rings is 1. The lowest BCUT2D eigenvalue weighted by molar-refractivity contribution is 0.0939. The zero-order chi connectivity index (χ0) is 18.8. The van der Waals surface area contributed by atoms with Crippen LogP contribution >= 0.6 is 0 Å². The Morgan fingerprint density at radius 3 is 2.93 bits per heavy atom. The molecule has 3 aromatic rings. The smallest absolute Gasteiger partial charge is 0.251 e. The SMILES string of the molecule is COc1cccc(C(C)NC(=O)c2ccc3c(c2)OCc2cnccc2-3)c1. The molecule has 0 bridgehead atoms. The molecule has 27 heavy (non-hydrogen) atoms. The van der Waals surface area contributed by atoms with Crippen molar-refractivity contribution >= 4 is 5.91 Å². The van der Waals surface area contributed by atoms with Crippen LogP contribution < -0.4 is 14.8 Å². The number of nitrogens with zero attached hydrogens (tertiary/aromatic N) is 1. The van der Waals surface area contributed by atoms with E-state index >= 15 is 0 Å². The van der Waals surface area contributed by atoms with Crippen molar-refractivity contribution in [2.45, 2.75) is 19.6 Å². The number of nitrogens with one attached hydrogen (secondary N) is 1. The predicted octanol–water partition coefficient (Wildman–Crippen LogP) is 4.14. The summed E-state index contributed by atoms with van der Waals surface area (Å²) in [5.74, 6) is 1.34. The topological polar surface area (TPSA) is 60.5 Å². The van der Waals surface area contributed by atoms with Crippen LogP contribution in [0.3, 0.4) is 0 Å². The Bertz CT molecular complexity index is 1000. The summed E-state index contributed by atoms with van der Waals surface area (Å²) in [7, 11) is 1.63. The lowest BCUT2D eigenvalue weighted by atomic mass is 9.97. The molecular formula is C22H20N2O3. The molecule has 2 heterocycles. The van der Waals surface area contributed by atoms with Gasteiger partial charge in [0.25, 0.3) is 5.91 Å². The second-order valence-electron chi connectivity index (χ2n) is 6.50. The molecular weight excluding hydrogens is 340 g/mol. The largest absolute Gasteiger partial charge is 0.497 e. The van der Waals surface area contributed by atoms with Crippen molar-refractivity contribution in [1.82, 2.24) is 10.3 Å². The van der Waals surface area contributed by atoms with Gasteiger partial charge in [-0.25, -0.2) is 0 Å². The molecule has 0 radical (unpaired) electrons. The molecule has 0 fully saturated rings. The molecule has 0 aliphatic carbocycles. The van der Waals surface area contributed by atoms with Gasteiger partial charge in [0.1, 0.15) is 18.1 Å². The van der Waals surface area contributed by atoms with E-state index in [4.69, 9.17) is 9.47 Å². The van der Waals surface area contributed by atoms with Crippen LogP contribution in [0, 0.1) is 0 Å². The Kier molecular flexibility index (Phi) is 4.50. The summed E-state index contributed by atoms with van der Waals surface area (Å²) in [4.78, 5) is 16.8. The number of carbonyl (C=O) groups excluding carboxylic acids is 1. The van der Waals surface area contributed by atoms with Gasteiger partial charge in [0.15, 0.2) is 0 Å². The fourth-order valence-electron chi connectivity index (χ4n) is 3.24. The molecule has 1 aromatic heterocycles. The number of hydrogen-bond acceptors (Lipinski definition) is 4. The molecule has 0 saturated heterocycles. The number of aromatic nitrogens is 1. The Morgan fingerprint density at radius 1 is 1.19 bits per heavy atom. The van der Waals surface area contributed by atoms with E-state index in [9.17, 15) is 4.79 Å². The Labute approximate surface area is 158 Å². The first-order valence-corrected chi connectivity index (χ1v) is 8.80. The molecule has 1 unspecified atom stereocenters. The molecule has 4 rings (SSSR count). The minimum Gasteiger partial charge on any atom is -0.497 e. The van der Waals surface area contributed by atoms with Crippen LogP contribution in [-0.4, -0.2) is 18.0 Å². The van der Waals surface area contributed by atoms with Crippen molar-refractivity contribution in [3.63, 3.8) is 0 Å². The van der Waals surface area contributed by atoms with Crippen molar-refractivity contribution < 1.29 is 14.3 Å². The molecule has 5 heteroatoms. The van der Waals surface area contributed by atoms with Gasteiger partial charge < -0.3 is 14.8 Å². The molecule has 1 amide bonds. The van der Waals surface area contributed by atoms with Crippen LogP contribution in [-0.2, 0) is 6.61 Å².